The van der Waals surface area contributed by atoms with Crippen LogP contribution in [-0.2, 0) is 10.3 Å². The molecule has 1 atom stereocenters. The smallest absolute Gasteiger partial charge is 0.310 e. The number of fused-ring (bicyclic) bond motifs is 2. The number of amides is 1. The van der Waals surface area contributed by atoms with E-state index in [1.165, 1.54) is 36.5 Å². The quantitative estimate of drug-likeness (QED) is 0.760. The van der Waals surface area contributed by atoms with E-state index >= 15 is 8.78 Å². The van der Waals surface area contributed by atoms with Gasteiger partial charge in [-0.1, -0.05) is 0 Å². The number of anilines is 1. The van der Waals surface area contributed by atoms with E-state index in [2.05, 4.69) is 15.3 Å². The van der Waals surface area contributed by atoms with Crippen molar-refractivity contribution in [1.82, 2.24) is 4.98 Å². The number of aliphatic imine (C=N–C) groups is 1. The molecule has 0 fully saturated rings. The van der Waals surface area contributed by atoms with Crippen LogP contribution in [0.4, 0.5) is 14.5 Å². The third kappa shape index (κ3) is 3.52. The van der Waals surface area contributed by atoms with Crippen molar-refractivity contribution in [1.29, 1.82) is 5.26 Å². The zero-order valence-corrected chi connectivity index (χ0v) is 16.8. The van der Waals surface area contributed by atoms with E-state index in [0.29, 0.717) is 5.56 Å². The van der Waals surface area contributed by atoms with Crippen LogP contribution in [-0.4, -0.2) is 35.0 Å². The van der Waals surface area contributed by atoms with E-state index in [1.54, 1.807) is 13.8 Å². The summed E-state index contributed by atoms with van der Waals surface area (Å²) in [6, 6.07) is 8.87. The van der Waals surface area contributed by atoms with Crippen LogP contribution in [0.1, 0.15) is 41.9 Å². The minimum Gasteiger partial charge on any atom is -0.487 e. The SMILES string of the molecule is CC1(C)C[C@@]2(OC(N)=NCC2(F)F)c2cc(NC(=O)c3ccc(C#N)cn3)ccc2O1. The third-order valence-corrected chi connectivity index (χ3v) is 5.16. The lowest BCUT2D eigenvalue weighted by molar-refractivity contribution is -0.211. The Morgan fingerprint density at radius 3 is 2.71 bits per heavy atom. The topological polar surface area (TPSA) is 123 Å². The number of hydrogen-bond acceptors (Lipinski definition) is 7. The monoisotopic (exact) mass is 427 g/mol. The molecule has 0 saturated heterocycles. The number of alkyl halides is 2. The van der Waals surface area contributed by atoms with E-state index in [1.807, 2.05) is 6.07 Å². The van der Waals surface area contributed by atoms with Crippen molar-refractivity contribution in [2.45, 2.75) is 37.4 Å². The van der Waals surface area contributed by atoms with Gasteiger partial charge in [0.1, 0.15) is 29.7 Å². The van der Waals surface area contributed by atoms with Crippen molar-refractivity contribution in [2.75, 3.05) is 11.9 Å². The summed E-state index contributed by atoms with van der Waals surface area (Å²) in [6.45, 7) is 2.55. The number of rotatable bonds is 2. The van der Waals surface area contributed by atoms with Gasteiger partial charge in [-0.3, -0.25) is 4.79 Å². The van der Waals surface area contributed by atoms with Gasteiger partial charge in [-0.2, -0.15) is 14.0 Å². The van der Waals surface area contributed by atoms with Crippen molar-refractivity contribution in [3.63, 3.8) is 0 Å². The molecule has 3 heterocycles. The molecule has 31 heavy (non-hydrogen) atoms. The summed E-state index contributed by atoms with van der Waals surface area (Å²) in [5.41, 5.74) is 3.33. The van der Waals surface area contributed by atoms with Crippen LogP contribution in [0.15, 0.2) is 41.5 Å². The number of nitriles is 1. The maximum absolute atomic E-state index is 15.2. The van der Waals surface area contributed by atoms with E-state index in [9.17, 15) is 4.79 Å². The van der Waals surface area contributed by atoms with Crippen LogP contribution in [0.3, 0.4) is 0 Å². The molecule has 8 nitrogen and oxygen atoms in total. The zero-order chi connectivity index (χ0) is 22.4. The highest BCUT2D eigenvalue weighted by atomic mass is 19.3. The average molecular weight is 427 g/mol. The summed E-state index contributed by atoms with van der Waals surface area (Å²) in [4.78, 5) is 20.0. The molecule has 1 aromatic heterocycles. The van der Waals surface area contributed by atoms with Crippen LogP contribution in [0, 0.1) is 11.3 Å². The first kappa shape index (κ1) is 20.5. The number of nitrogens with zero attached hydrogens (tertiary/aromatic N) is 3. The van der Waals surface area contributed by atoms with Gasteiger partial charge >= 0.3 is 5.92 Å². The van der Waals surface area contributed by atoms with Gasteiger partial charge in [-0.15, -0.1) is 0 Å². The third-order valence-electron chi connectivity index (χ3n) is 5.16. The lowest BCUT2D eigenvalue weighted by Crippen LogP contribution is -2.60. The zero-order valence-electron chi connectivity index (χ0n) is 16.8. The average Bonchev–Trinajstić information content (AvgIpc) is 2.71. The molecule has 1 amide bonds. The summed E-state index contributed by atoms with van der Waals surface area (Å²) in [6.07, 6.45) is 1.09. The molecule has 1 aromatic carbocycles. The Morgan fingerprint density at radius 1 is 1.26 bits per heavy atom. The number of nitrogens with one attached hydrogen (secondary N) is 1. The Kier molecular flexibility index (Phi) is 4.57. The summed E-state index contributed by atoms with van der Waals surface area (Å²) < 4.78 is 41.8. The Bertz CT molecular complexity index is 1120. The van der Waals surface area contributed by atoms with Gasteiger partial charge in [0, 0.05) is 23.9 Å². The fourth-order valence-corrected chi connectivity index (χ4v) is 3.84. The predicted octanol–water partition coefficient (Wildman–Crippen LogP) is 2.94. The molecule has 2 aliphatic heterocycles. The fourth-order valence-electron chi connectivity index (χ4n) is 3.84. The lowest BCUT2D eigenvalue weighted by atomic mass is 9.75. The van der Waals surface area contributed by atoms with E-state index < -0.39 is 29.6 Å². The number of halogens is 2. The highest BCUT2D eigenvalue weighted by Crippen LogP contribution is 2.55. The van der Waals surface area contributed by atoms with Crippen LogP contribution in [0.5, 0.6) is 5.75 Å². The molecule has 2 aromatic rings. The first-order valence-corrected chi connectivity index (χ1v) is 9.43. The Labute approximate surface area is 176 Å². The molecule has 0 radical (unpaired) electrons. The Hall–Kier alpha value is -3.74. The van der Waals surface area contributed by atoms with Gasteiger partial charge in [0.15, 0.2) is 0 Å². The van der Waals surface area contributed by atoms with Crippen molar-refractivity contribution in [2.24, 2.45) is 10.7 Å². The minimum atomic E-state index is -3.36. The van der Waals surface area contributed by atoms with Crippen molar-refractivity contribution in [3.8, 4) is 11.8 Å². The molecule has 160 valence electrons. The predicted molar refractivity (Wildman–Crippen MR) is 107 cm³/mol. The first-order chi connectivity index (χ1) is 14.6. The normalized spacial score (nSPS) is 22.9. The van der Waals surface area contributed by atoms with Crippen molar-refractivity contribution >= 4 is 17.6 Å². The molecular formula is C21H19F2N5O3. The van der Waals surface area contributed by atoms with Crippen LogP contribution in [0.2, 0.25) is 0 Å². The minimum absolute atomic E-state index is 0.0689. The maximum atomic E-state index is 15.2. The number of hydrogen-bond donors (Lipinski definition) is 2. The summed E-state index contributed by atoms with van der Waals surface area (Å²) >= 11 is 0. The van der Waals surface area contributed by atoms with Gasteiger partial charge in [0.2, 0.25) is 5.60 Å². The Morgan fingerprint density at radius 2 is 2.03 bits per heavy atom. The van der Waals surface area contributed by atoms with E-state index in [4.69, 9.17) is 20.5 Å². The molecule has 3 N–H and O–H groups in total. The number of carbonyl (C=O) groups excluding carboxylic acids is 1. The van der Waals surface area contributed by atoms with Gasteiger partial charge < -0.3 is 20.5 Å². The standard InChI is InChI=1S/C21H19F2N5O3/c1-19(2)10-20(21(22,23)11-27-18(25)31-20)14-7-13(4-6-16(14)30-19)28-17(29)15-5-3-12(8-24)9-26-15/h3-7,9H,10-11H2,1-2H3,(H2,25,27)(H,28,29)/t20-/m1/s1. The molecule has 0 aliphatic carbocycles. The van der Waals surface area contributed by atoms with Crippen LogP contribution >= 0.6 is 0 Å². The molecular weight excluding hydrogens is 408 g/mol. The molecule has 0 saturated carbocycles. The number of carbonyl (C=O) groups is 1. The van der Waals surface area contributed by atoms with Crippen molar-refractivity contribution in [3.05, 3.63) is 53.3 Å². The maximum Gasteiger partial charge on any atom is 0.310 e. The summed E-state index contributed by atoms with van der Waals surface area (Å²) in [5.74, 6) is -3.71. The molecule has 2 aliphatic rings. The largest absolute Gasteiger partial charge is 0.487 e. The molecule has 10 heteroatoms. The second-order valence-corrected chi connectivity index (χ2v) is 8.04. The summed E-state index contributed by atoms with van der Waals surface area (Å²) in [7, 11) is 0. The molecule has 1 spiro atoms. The number of amidine groups is 1. The molecule has 0 bridgehead atoms. The second kappa shape index (κ2) is 6.91. The number of benzene rings is 1. The number of nitrogens with two attached hydrogens (primary N) is 1. The first-order valence-electron chi connectivity index (χ1n) is 9.43. The summed E-state index contributed by atoms with van der Waals surface area (Å²) in [5, 5.41) is 11.5. The van der Waals surface area contributed by atoms with Gasteiger partial charge in [-0.25, -0.2) is 9.98 Å². The highest BCUT2D eigenvalue weighted by Gasteiger charge is 2.64. The molecule has 0 unspecified atom stereocenters. The van der Waals surface area contributed by atoms with Crippen molar-refractivity contribution < 1.29 is 23.0 Å². The van der Waals surface area contributed by atoms with Crippen LogP contribution < -0.4 is 15.8 Å². The number of pyridine rings is 1. The van der Waals surface area contributed by atoms with Gasteiger partial charge in [0.25, 0.3) is 11.9 Å². The van der Waals surface area contributed by atoms with Gasteiger partial charge in [-0.05, 0) is 44.2 Å². The van der Waals surface area contributed by atoms with Gasteiger partial charge in [0.05, 0.1) is 5.56 Å². The number of ether oxygens (including phenoxy) is 2. The van der Waals surface area contributed by atoms with E-state index in [-0.39, 0.29) is 35.1 Å². The van der Waals surface area contributed by atoms with Crippen LogP contribution in [0.25, 0.3) is 0 Å². The second-order valence-electron chi connectivity index (χ2n) is 8.04. The molecule has 4 rings (SSSR count). The number of aromatic nitrogens is 1. The highest BCUT2D eigenvalue weighted by molar-refractivity contribution is 6.03. The lowest BCUT2D eigenvalue weighted by Gasteiger charge is -2.49. The van der Waals surface area contributed by atoms with E-state index in [0.717, 1.165) is 0 Å². The fraction of sp³-hybridized carbons (Fsp3) is 0.333. The Balaban J connectivity index is 1.73.